The van der Waals surface area contributed by atoms with Gasteiger partial charge in [0.05, 0.1) is 6.57 Å². The van der Waals surface area contributed by atoms with E-state index in [1.165, 1.54) is 12.3 Å². The molecule has 10 heavy (non-hydrogen) atoms. The predicted molar refractivity (Wildman–Crippen MR) is 38.2 cm³/mol. The topological polar surface area (TPSA) is 17.2 Å². The Labute approximate surface area is 65.7 Å². The van der Waals surface area contributed by atoms with Crippen molar-refractivity contribution in [3.8, 4) is 0 Å². The quantitative estimate of drug-likeness (QED) is 0.465. The molecule has 0 aromatic carbocycles. The third-order valence-electron chi connectivity index (χ3n) is 0.908. The van der Waals surface area contributed by atoms with Gasteiger partial charge in [-0.1, -0.05) is 15.9 Å². The molecule has 0 aliphatic heterocycles. The summed E-state index contributed by atoms with van der Waals surface area (Å²) in [6.07, 6.45) is 1.31. The van der Waals surface area contributed by atoms with Crippen LogP contribution in [0.5, 0.6) is 0 Å². The summed E-state index contributed by atoms with van der Waals surface area (Å²) in [4.78, 5) is 6.24. The van der Waals surface area contributed by atoms with E-state index in [-0.39, 0.29) is 5.69 Å². The van der Waals surface area contributed by atoms with Crippen LogP contribution < -0.4 is 0 Å². The van der Waals surface area contributed by atoms with E-state index in [1.54, 1.807) is 0 Å². The molecule has 2 nitrogen and oxygen atoms in total. The summed E-state index contributed by atoms with van der Waals surface area (Å²) in [6, 6.07) is 1.38. The van der Waals surface area contributed by atoms with Crippen molar-refractivity contribution in [3.05, 3.63) is 34.1 Å². The smallest absolute Gasteiger partial charge is 0.238 e. The second-order valence-electron chi connectivity index (χ2n) is 1.58. The fourth-order valence-electron chi connectivity index (χ4n) is 0.490. The standard InChI is InChI=1S/C6H2BrFN2/c1-9-5-2-4(7)3-10-6(5)8/h2-3H. The fraction of sp³-hybridized carbons (Fsp3) is 0. The SMILES string of the molecule is [C-]#[N+]c1cc(Br)cnc1F. The lowest BCUT2D eigenvalue weighted by atomic mass is 10.4. The summed E-state index contributed by atoms with van der Waals surface area (Å²) in [5.74, 6) is -0.724. The normalized spacial score (nSPS) is 8.90. The Morgan fingerprint density at radius 3 is 2.90 bits per heavy atom. The molecule has 0 fully saturated rings. The van der Waals surface area contributed by atoms with Crippen molar-refractivity contribution in [1.82, 2.24) is 4.98 Å². The van der Waals surface area contributed by atoms with Gasteiger partial charge in [-0.3, -0.25) is 0 Å². The minimum Gasteiger partial charge on any atom is -0.238 e. The maximum Gasteiger partial charge on any atom is 0.241 e. The van der Waals surface area contributed by atoms with Crippen molar-refractivity contribution in [2.24, 2.45) is 0 Å². The highest BCUT2D eigenvalue weighted by Crippen LogP contribution is 2.19. The molecule has 1 aromatic heterocycles. The van der Waals surface area contributed by atoms with E-state index in [9.17, 15) is 4.39 Å². The largest absolute Gasteiger partial charge is 0.241 e. The van der Waals surface area contributed by atoms with E-state index >= 15 is 0 Å². The molecule has 0 radical (unpaired) electrons. The van der Waals surface area contributed by atoms with Gasteiger partial charge in [0.2, 0.25) is 11.6 Å². The van der Waals surface area contributed by atoms with Gasteiger partial charge >= 0.3 is 0 Å². The van der Waals surface area contributed by atoms with Gasteiger partial charge in [-0.25, -0.2) is 9.83 Å². The van der Waals surface area contributed by atoms with Crippen LogP contribution in [0.15, 0.2) is 16.7 Å². The number of pyridine rings is 1. The van der Waals surface area contributed by atoms with Gasteiger partial charge in [-0.2, -0.15) is 4.39 Å². The molecular formula is C6H2BrFN2. The molecule has 1 rings (SSSR count). The summed E-state index contributed by atoms with van der Waals surface area (Å²) < 4.78 is 13.0. The Hall–Kier alpha value is -0.950. The number of rotatable bonds is 0. The predicted octanol–water partition coefficient (Wildman–Crippen LogP) is 2.53. The molecule has 0 N–H and O–H groups in total. The van der Waals surface area contributed by atoms with E-state index in [4.69, 9.17) is 6.57 Å². The van der Waals surface area contributed by atoms with Crippen LogP contribution in [0.3, 0.4) is 0 Å². The first-order valence-corrected chi connectivity index (χ1v) is 3.22. The summed E-state index contributed by atoms with van der Waals surface area (Å²) in [7, 11) is 0. The van der Waals surface area contributed by atoms with Gasteiger partial charge in [-0.15, -0.1) is 0 Å². The van der Waals surface area contributed by atoms with Crippen LogP contribution in [-0.2, 0) is 0 Å². The molecule has 0 bridgehead atoms. The number of aromatic nitrogens is 1. The molecular weight excluding hydrogens is 199 g/mol. The van der Waals surface area contributed by atoms with Crippen LogP contribution in [0.25, 0.3) is 4.85 Å². The minimum atomic E-state index is -0.724. The molecule has 0 spiro atoms. The van der Waals surface area contributed by atoms with Crippen LogP contribution >= 0.6 is 15.9 Å². The molecule has 0 aliphatic carbocycles. The highest BCUT2D eigenvalue weighted by atomic mass is 79.9. The molecule has 0 saturated heterocycles. The van der Waals surface area contributed by atoms with Crippen molar-refractivity contribution in [1.29, 1.82) is 0 Å². The van der Waals surface area contributed by atoms with Crippen LogP contribution in [0.2, 0.25) is 0 Å². The molecule has 0 unspecified atom stereocenters. The molecule has 0 aliphatic rings. The van der Waals surface area contributed by atoms with Crippen LogP contribution in [0.1, 0.15) is 0 Å². The second kappa shape index (κ2) is 2.76. The highest BCUT2D eigenvalue weighted by Gasteiger charge is 2.01. The Kier molecular flexibility index (Phi) is 1.97. The van der Waals surface area contributed by atoms with E-state index < -0.39 is 5.95 Å². The minimum absolute atomic E-state index is 0.0608. The fourth-order valence-corrected chi connectivity index (χ4v) is 0.810. The lowest BCUT2D eigenvalue weighted by Crippen LogP contribution is -1.79. The summed E-state index contributed by atoms with van der Waals surface area (Å²) in [5.41, 5.74) is -0.0608. The average Bonchev–Trinajstić information content (AvgIpc) is 1.94. The van der Waals surface area contributed by atoms with Crippen LogP contribution in [0.4, 0.5) is 10.1 Å². The van der Waals surface area contributed by atoms with Crippen molar-refractivity contribution >= 4 is 21.6 Å². The highest BCUT2D eigenvalue weighted by molar-refractivity contribution is 9.10. The van der Waals surface area contributed by atoms with Gasteiger partial charge in [0, 0.05) is 10.7 Å². The Morgan fingerprint density at radius 2 is 2.40 bits per heavy atom. The van der Waals surface area contributed by atoms with Crippen molar-refractivity contribution in [2.45, 2.75) is 0 Å². The molecule has 0 saturated carbocycles. The first-order chi connectivity index (χ1) is 4.74. The monoisotopic (exact) mass is 200 g/mol. The number of hydrogen-bond acceptors (Lipinski definition) is 1. The van der Waals surface area contributed by atoms with Crippen molar-refractivity contribution < 1.29 is 4.39 Å². The molecule has 50 valence electrons. The van der Waals surface area contributed by atoms with Crippen LogP contribution in [0, 0.1) is 12.5 Å². The van der Waals surface area contributed by atoms with Gasteiger partial charge < -0.3 is 0 Å². The third kappa shape index (κ3) is 1.31. The summed E-state index contributed by atoms with van der Waals surface area (Å²) in [6.45, 7) is 6.51. The van der Waals surface area contributed by atoms with Gasteiger partial charge in [0.1, 0.15) is 0 Å². The maximum atomic E-state index is 12.4. The van der Waals surface area contributed by atoms with E-state index in [0.717, 1.165) is 0 Å². The number of nitrogens with zero attached hydrogens (tertiary/aromatic N) is 2. The zero-order valence-electron chi connectivity index (χ0n) is 4.81. The summed E-state index contributed by atoms with van der Waals surface area (Å²) in [5, 5.41) is 0. The molecule has 0 amide bonds. The molecule has 4 heteroatoms. The van der Waals surface area contributed by atoms with Crippen LogP contribution in [-0.4, -0.2) is 4.98 Å². The first-order valence-electron chi connectivity index (χ1n) is 2.42. The first kappa shape index (κ1) is 7.16. The molecule has 1 aromatic rings. The van der Waals surface area contributed by atoms with Crippen molar-refractivity contribution in [2.75, 3.05) is 0 Å². The maximum absolute atomic E-state index is 12.4. The zero-order valence-corrected chi connectivity index (χ0v) is 6.39. The number of halogens is 2. The third-order valence-corrected chi connectivity index (χ3v) is 1.34. The Balaban J connectivity index is 3.25. The second-order valence-corrected chi connectivity index (χ2v) is 2.49. The Morgan fingerprint density at radius 1 is 1.70 bits per heavy atom. The van der Waals surface area contributed by atoms with E-state index in [0.29, 0.717) is 4.47 Å². The van der Waals surface area contributed by atoms with Gasteiger partial charge in [0.25, 0.3) is 0 Å². The number of hydrogen-bond donors (Lipinski definition) is 0. The molecule has 0 atom stereocenters. The lowest BCUT2D eigenvalue weighted by molar-refractivity contribution is 0.589. The average molecular weight is 201 g/mol. The summed E-state index contributed by atoms with van der Waals surface area (Å²) >= 11 is 3.06. The zero-order chi connectivity index (χ0) is 7.56. The van der Waals surface area contributed by atoms with Crippen molar-refractivity contribution in [3.63, 3.8) is 0 Å². The lowest BCUT2D eigenvalue weighted by Gasteiger charge is -1.91. The molecule has 1 heterocycles. The Bertz CT molecular complexity index is 292. The van der Waals surface area contributed by atoms with E-state index in [2.05, 4.69) is 25.8 Å². The van der Waals surface area contributed by atoms with Gasteiger partial charge in [0.15, 0.2) is 0 Å². The van der Waals surface area contributed by atoms with E-state index in [1.807, 2.05) is 0 Å². The van der Waals surface area contributed by atoms with Gasteiger partial charge in [-0.05, 0) is 6.07 Å².